The summed E-state index contributed by atoms with van der Waals surface area (Å²) in [4.78, 5) is 1.43. The molecule has 0 radical (unpaired) electrons. The third kappa shape index (κ3) is 3.38. The van der Waals surface area contributed by atoms with E-state index in [-0.39, 0.29) is 0 Å². The first-order chi connectivity index (χ1) is 9.65. The summed E-state index contributed by atoms with van der Waals surface area (Å²) in [6, 6.07) is 8.70. The van der Waals surface area contributed by atoms with Gasteiger partial charge in [-0.2, -0.15) is 0 Å². The van der Waals surface area contributed by atoms with Crippen LogP contribution in [-0.4, -0.2) is 29.0 Å². The Labute approximate surface area is 126 Å². The molecule has 1 aliphatic heterocycles. The predicted molar refractivity (Wildman–Crippen MR) is 85.2 cm³/mol. The maximum Gasteiger partial charge on any atom is 0.0771 e. The van der Waals surface area contributed by atoms with Crippen LogP contribution >= 0.6 is 11.8 Å². The number of nitrogens with one attached hydrogen (secondary N) is 1. The van der Waals surface area contributed by atoms with E-state index < -0.39 is 5.60 Å². The van der Waals surface area contributed by atoms with E-state index in [1.807, 2.05) is 11.8 Å². The molecular formula is C17H25NOS. The highest BCUT2D eigenvalue weighted by atomic mass is 32.2. The SMILES string of the molecule is CC1CCC(O)(CNCC2Cc3ccccc3S2)CC1. The minimum Gasteiger partial charge on any atom is -0.389 e. The molecule has 0 aromatic heterocycles. The molecule has 1 aromatic rings. The maximum atomic E-state index is 10.6. The molecule has 20 heavy (non-hydrogen) atoms. The first-order valence-corrected chi connectivity index (χ1v) is 8.70. The highest BCUT2D eigenvalue weighted by molar-refractivity contribution is 8.00. The van der Waals surface area contributed by atoms with Crippen molar-refractivity contribution in [1.82, 2.24) is 5.32 Å². The van der Waals surface area contributed by atoms with Crippen LogP contribution in [0.15, 0.2) is 29.2 Å². The molecule has 1 unspecified atom stereocenters. The zero-order valence-electron chi connectivity index (χ0n) is 12.3. The molecule has 1 atom stereocenters. The Kier molecular flexibility index (Phi) is 4.39. The lowest BCUT2D eigenvalue weighted by atomic mass is 9.79. The fraction of sp³-hybridized carbons (Fsp3) is 0.647. The van der Waals surface area contributed by atoms with Gasteiger partial charge < -0.3 is 10.4 Å². The molecule has 0 bridgehead atoms. The van der Waals surface area contributed by atoms with Gasteiger partial charge in [-0.1, -0.05) is 25.1 Å². The quantitative estimate of drug-likeness (QED) is 0.893. The molecule has 1 saturated carbocycles. The number of hydrogen-bond donors (Lipinski definition) is 2. The van der Waals surface area contributed by atoms with Crippen LogP contribution in [0.2, 0.25) is 0 Å². The Morgan fingerprint density at radius 3 is 2.80 bits per heavy atom. The van der Waals surface area contributed by atoms with Crippen LogP contribution in [0.3, 0.4) is 0 Å². The van der Waals surface area contributed by atoms with Crippen molar-refractivity contribution in [2.45, 2.75) is 54.8 Å². The van der Waals surface area contributed by atoms with Crippen LogP contribution in [0, 0.1) is 5.92 Å². The second kappa shape index (κ2) is 6.08. The van der Waals surface area contributed by atoms with Crippen LogP contribution in [0.25, 0.3) is 0 Å². The molecule has 1 aliphatic carbocycles. The standard InChI is InChI=1S/C17H25NOS/c1-13-6-8-17(19,9-7-13)12-18-11-15-10-14-4-2-3-5-16(14)20-15/h2-5,13,15,18-19H,6-12H2,1H3. The van der Waals surface area contributed by atoms with E-state index in [9.17, 15) is 5.11 Å². The Morgan fingerprint density at radius 1 is 1.30 bits per heavy atom. The zero-order chi connectivity index (χ0) is 14.0. The molecule has 1 fully saturated rings. The van der Waals surface area contributed by atoms with E-state index in [0.717, 1.165) is 38.3 Å². The summed E-state index contributed by atoms with van der Waals surface area (Å²) in [5.41, 5.74) is 1.03. The smallest absolute Gasteiger partial charge is 0.0771 e. The number of fused-ring (bicyclic) bond motifs is 1. The van der Waals surface area contributed by atoms with Gasteiger partial charge in [-0.05, 0) is 49.7 Å². The summed E-state index contributed by atoms with van der Waals surface area (Å²) in [6.07, 6.45) is 5.41. The van der Waals surface area contributed by atoms with Crippen molar-refractivity contribution in [3.05, 3.63) is 29.8 Å². The van der Waals surface area contributed by atoms with E-state index in [2.05, 4.69) is 36.5 Å². The Hall–Kier alpha value is -0.510. The van der Waals surface area contributed by atoms with Crippen LogP contribution in [0.4, 0.5) is 0 Å². The fourth-order valence-electron chi connectivity index (χ4n) is 3.31. The van der Waals surface area contributed by atoms with Gasteiger partial charge in [0.1, 0.15) is 0 Å². The van der Waals surface area contributed by atoms with Crippen LogP contribution < -0.4 is 5.32 Å². The average molecular weight is 291 g/mol. The van der Waals surface area contributed by atoms with Crippen molar-refractivity contribution in [2.24, 2.45) is 5.92 Å². The summed E-state index contributed by atoms with van der Waals surface area (Å²) in [7, 11) is 0. The summed E-state index contributed by atoms with van der Waals surface area (Å²) in [5, 5.41) is 14.7. The first-order valence-electron chi connectivity index (χ1n) is 7.82. The molecule has 1 aromatic carbocycles. The molecule has 1 heterocycles. The number of aliphatic hydroxyl groups is 1. The van der Waals surface area contributed by atoms with E-state index in [1.54, 1.807) is 0 Å². The zero-order valence-corrected chi connectivity index (χ0v) is 13.1. The van der Waals surface area contributed by atoms with Crippen LogP contribution in [0.5, 0.6) is 0 Å². The van der Waals surface area contributed by atoms with Crippen molar-refractivity contribution in [1.29, 1.82) is 0 Å². The number of benzene rings is 1. The molecular weight excluding hydrogens is 266 g/mol. The van der Waals surface area contributed by atoms with E-state index in [1.165, 1.54) is 23.3 Å². The van der Waals surface area contributed by atoms with E-state index >= 15 is 0 Å². The molecule has 2 N–H and O–H groups in total. The van der Waals surface area contributed by atoms with Crippen LogP contribution in [-0.2, 0) is 6.42 Å². The third-order valence-electron chi connectivity index (χ3n) is 4.74. The van der Waals surface area contributed by atoms with Gasteiger partial charge >= 0.3 is 0 Å². The van der Waals surface area contributed by atoms with Crippen molar-refractivity contribution in [3.63, 3.8) is 0 Å². The highest BCUT2D eigenvalue weighted by Gasteiger charge is 2.31. The van der Waals surface area contributed by atoms with Gasteiger partial charge in [-0.25, -0.2) is 0 Å². The molecule has 2 aliphatic rings. The molecule has 0 spiro atoms. The fourth-order valence-corrected chi connectivity index (χ4v) is 4.59. The third-order valence-corrected chi connectivity index (χ3v) is 6.06. The predicted octanol–water partition coefficient (Wildman–Crippen LogP) is 3.23. The normalized spacial score (nSPS) is 33.1. The lowest BCUT2D eigenvalue weighted by Gasteiger charge is -2.35. The number of rotatable bonds is 4. The van der Waals surface area contributed by atoms with Gasteiger partial charge in [0.2, 0.25) is 0 Å². The second-order valence-electron chi connectivity index (χ2n) is 6.59. The topological polar surface area (TPSA) is 32.3 Å². The van der Waals surface area contributed by atoms with Crippen molar-refractivity contribution >= 4 is 11.8 Å². The lowest BCUT2D eigenvalue weighted by Crippen LogP contribution is -2.44. The summed E-state index contributed by atoms with van der Waals surface area (Å²) in [5.74, 6) is 0.787. The highest BCUT2D eigenvalue weighted by Crippen LogP contribution is 2.36. The molecule has 0 amide bonds. The molecule has 3 heteroatoms. The number of hydrogen-bond acceptors (Lipinski definition) is 3. The van der Waals surface area contributed by atoms with Crippen molar-refractivity contribution < 1.29 is 5.11 Å². The monoisotopic (exact) mass is 291 g/mol. The molecule has 0 saturated heterocycles. The summed E-state index contributed by atoms with van der Waals surface area (Å²) >= 11 is 1.98. The van der Waals surface area contributed by atoms with Gasteiger partial charge in [0.15, 0.2) is 0 Å². The van der Waals surface area contributed by atoms with E-state index in [4.69, 9.17) is 0 Å². The van der Waals surface area contributed by atoms with Gasteiger partial charge in [0.05, 0.1) is 5.60 Å². The minimum atomic E-state index is -0.456. The van der Waals surface area contributed by atoms with E-state index in [0.29, 0.717) is 5.25 Å². The Balaban J connectivity index is 1.43. The Bertz CT molecular complexity index is 429. The molecule has 110 valence electrons. The largest absolute Gasteiger partial charge is 0.389 e. The molecule has 3 rings (SSSR count). The van der Waals surface area contributed by atoms with Gasteiger partial charge in [-0.15, -0.1) is 11.8 Å². The van der Waals surface area contributed by atoms with Crippen LogP contribution in [0.1, 0.15) is 38.2 Å². The first kappa shape index (κ1) is 14.4. The second-order valence-corrected chi connectivity index (χ2v) is 7.93. The lowest BCUT2D eigenvalue weighted by molar-refractivity contribution is -0.00583. The summed E-state index contributed by atoms with van der Waals surface area (Å²) in [6.45, 7) is 4.05. The van der Waals surface area contributed by atoms with Gasteiger partial charge in [0.25, 0.3) is 0 Å². The minimum absolute atomic E-state index is 0.456. The molecule has 2 nitrogen and oxygen atoms in total. The number of thioether (sulfide) groups is 1. The van der Waals surface area contributed by atoms with Crippen molar-refractivity contribution in [2.75, 3.05) is 13.1 Å². The summed E-state index contributed by atoms with van der Waals surface area (Å²) < 4.78 is 0. The average Bonchev–Trinajstić information content (AvgIpc) is 2.85. The van der Waals surface area contributed by atoms with Gasteiger partial charge in [-0.3, -0.25) is 0 Å². The van der Waals surface area contributed by atoms with Crippen molar-refractivity contribution in [3.8, 4) is 0 Å². The Morgan fingerprint density at radius 2 is 2.05 bits per heavy atom. The van der Waals surface area contributed by atoms with Gasteiger partial charge in [0, 0.05) is 23.2 Å². The maximum absolute atomic E-state index is 10.6.